The number of nitrogens with one attached hydrogen (secondary N) is 1. The number of nitrogens with zero attached hydrogens (tertiary/aromatic N) is 4. The molecule has 0 atom stereocenters. The van der Waals surface area contributed by atoms with Gasteiger partial charge in [0.25, 0.3) is 5.91 Å². The van der Waals surface area contributed by atoms with E-state index in [0.29, 0.717) is 51.1 Å². The lowest BCUT2D eigenvalue weighted by molar-refractivity contribution is -0.138. The largest absolute Gasteiger partial charge is 0.344 e. The third-order valence-electron chi connectivity index (χ3n) is 6.11. The summed E-state index contributed by atoms with van der Waals surface area (Å²) in [6.45, 7) is 1.60. The number of nitriles is 1. The third kappa shape index (κ3) is 3.67. The zero-order valence-corrected chi connectivity index (χ0v) is 17.4. The Morgan fingerprint density at radius 2 is 2.07 bits per heavy atom. The van der Waals surface area contributed by atoms with Gasteiger partial charge in [0.1, 0.15) is 5.41 Å². The molecule has 0 radical (unpaired) electrons. The topological polar surface area (TPSA) is 91.0 Å². The van der Waals surface area contributed by atoms with Gasteiger partial charge in [0.2, 0.25) is 5.91 Å². The van der Waals surface area contributed by atoms with E-state index in [0.717, 1.165) is 29.1 Å². The molecule has 0 saturated heterocycles. The van der Waals surface area contributed by atoms with E-state index < -0.39 is 5.41 Å². The Balaban J connectivity index is 1.44. The maximum Gasteiger partial charge on any atom is 0.287 e. The molecule has 0 spiro atoms. The standard InChI is InChI=1S/C21H25N5O2S/c1-25-17-7-11-26(20(28)21(14-22)8-2-3-9-21)10-6-16(17)24-18(25)19(27)23-13-15-5-4-12-29-15/h4-5,12H,2-3,6-11,13H2,1H3,(H,23,27). The van der Waals surface area contributed by atoms with Gasteiger partial charge in [0, 0.05) is 43.5 Å². The highest BCUT2D eigenvalue weighted by atomic mass is 32.1. The van der Waals surface area contributed by atoms with Crippen LogP contribution < -0.4 is 5.32 Å². The predicted molar refractivity (Wildman–Crippen MR) is 109 cm³/mol. The molecule has 2 aliphatic rings. The Hall–Kier alpha value is -2.66. The fourth-order valence-electron chi connectivity index (χ4n) is 4.41. The van der Waals surface area contributed by atoms with Crippen LogP contribution in [0, 0.1) is 16.7 Å². The fourth-order valence-corrected chi connectivity index (χ4v) is 5.06. The van der Waals surface area contributed by atoms with Gasteiger partial charge < -0.3 is 14.8 Å². The van der Waals surface area contributed by atoms with Crippen LogP contribution >= 0.6 is 11.3 Å². The summed E-state index contributed by atoms with van der Waals surface area (Å²) in [4.78, 5) is 33.2. The van der Waals surface area contributed by atoms with Crippen molar-refractivity contribution >= 4 is 23.2 Å². The number of carbonyl (C=O) groups excluding carboxylic acids is 2. The summed E-state index contributed by atoms with van der Waals surface area (Å²) in [5.41, 5.74) is 1.04. The average molecular weight is 412 g/mol. The van der Waals surface area contributed by atoms with Crippen LogP contribution in [0.2, 0.25) is 0 Å². The summed E-state index contributed by atoms with van der Waals surface area (Å²) < 4.78 is 1.85. The smallest absolute Gasteiger partial charge is 0.287 e. The third-order valence-corrected chi connectivity index (χ3v) is 6.98. The highest BCUT2D eigenvalue weighted by Gasteiger charge is 2.44. The van der Waals surface area contributed by atoms with Gasteiger partial charge in [-0.15, -0.1) is 11.3 Å². The first-order valence-electron chi connectivity index (χ1n) is 10.1. The predicted octanol–water partition coefficient (Wildman–Crippen LogP) is 2.42. The van der Waals surface area contributed by atoms with E-state index in [1.807, 2.05) is 34.0 Å². The Labute approximate surface area is 174 Å². The van der Waals surface area contributed by atoms with Crippen LogP contribution in [0.1, 0.15) is 52.6 Å². The molecule has 1 fully saturated rings. The summed E-state index contributed by atoms with van der Waals surface area (Å²) >= 11 is 1.61. The van der Waals surface area contributed by atoms with E-state index in [4.69, 9.17) is 0 Å². The lowest BCUT2D eigenvalue weighted by Gasteiger charge is -2.28. The van der Waals surface area contributed by atoms with Gasteiger partial charge in [-0.25, -0.2) is 4.98 Å². The molecule has 7 nitrogen and oxygen atoms in total. The summed E-state index contributed by atoms with van der Waals surface area (Å²) in [6, 6.07) is 6.26. The van der Waals surface area contributed by atoms with E-state index in [-0.39, 0.29) is 11.8 Å². The van der Waals surface area contributed by atoms with Crippen molar-refractivity contribution in [2.45, 2.75) is 45.1 Å². The summed E-state index contributed by atoms with van der Waals surface area (Å²) in [5.74, 6) is 0.200. The van der Waals surface area contributed by atoms with Crippen molar-refractivity contribution in [3.8, 4) is 6.07 Å². The highest BCUT2D eigenvalue weighted by molar-refractivity contribution is 7.09. The number of fused-ring (bicyclic) bond motifs is 1. The van der Waals surface area contributed by atoms with E-state index in [1.54, 1.807) is 11.3 Å². The van der Waals surface area contributed by atoms with E-state index >= 15 is 0 Å². The zero-order valence-electron chi connectivity index (χ0n) is 16.6. The molecule has 4 rings (SSSR count). The molecule has 2 aromatic heterocycles. The Bertz CT molecular complexity index is 951. The zero-order chi connectivity index (χ0) is 20.4. The molecule has 1 N–H and O–H groups in total. The van der Waals surface area contributed by atoms with Crippen molar-refractivity contribution in [3.05, 3.63) is 39.6 Å². The molecule has 1 aliphatic heterocycles. The van der Waals surface area contributed by atoms with Gasteiger partial charge in [-0.2, -0.15) is 5.26 Å². The maximum atomic E-state index is 13.0. The minimum Gasteiger partial charge on any atom is -0.344 e. The van der Waals surface area contributed by atoms with Gasteiger partial charge in [-0.1, -0.05) is 18.9 Å². The molecule has 8 heteroatoms. The lowest BCUT2D eigenvalue weighted by atomic mass is 9.86. The Morgan fingerprint density at radius 3 is 2.76 bits per heavy atom. The number of amides is 2. The second-order valence-electron chi connectivity index (χ2n) is 7.84. The molecular formula is C21H25N5O2S. The van der Waals surface area contributed by atoms with Crippen molar-refractivity contribution in [1.82, 2.24) is 19.8 Å². The second-order valence-corrected chi connectivity index (χ2v) is 8.88. The monoisotopic (exact) mass is 411 g/mol. The molecule has 2 aromatic rings. The highest BCUT2D eigenvalue weighted by Crippen LogP contribution is 2.39. The van der Waals surface area contributed by atoms with E-state index in [9.17, 15) is 14.9 Å². The number of rotatable bonds is 4. The molecule has 0 aromatic carbocycles. The Kier molecular flexibility index (Phi) is 5.41. The minimum absolute atomic E-state index is 0.0285. The van der Waals surface area contributed by atoms with Crippen LogP contribution in [0.4, 0.5) is 0 Å². The number of aromatic nitrogens is 2. The number of hydrogen-bond acceptors (Lipinski definition) is 5. The minimum atomic E-state index is -0.837. The van der Waals surface area contributed by atoms with Gasteiger partial charge in [0.15, 0.2) is 5.82 Å². The number of carbonyl (C=O) groups is 2. The van der Waals surface area contributed by atoms with Gasteiger partial charge in [-0.05, 0) is 24.3 Å². The average Bonchev–Trinajstić information content (AvgIpc) is 3.45. The van der Waals surface area contributed by atoms with Crippen molar-refractivity contribution < 1.29 is 9.59 Å². The number of imidazole rings is 1. The van der Waals surface area contributed by atoms with Crippen LogP contribution in [0.25, 0.3) is 0 Å². The van der Waals surface area contributed by atoms with Gasteiger partial charge in [-0.3, -0.25) is 9.59 Å². The normalized spacial score (nSPS) is 18.0. The first-order valence-corrected chi connectivity index (χ1v) is 11.0. The van der Waals surface area contributed by atoms with Crippen LogP contribution in [-0.2, 0) is 31.2 Å². The number of hydrogen-bond donors (Lipinski definition) is 1. The first-order chi connectivity index (χ1) is 14.0. The molecule has 1 saturated carbocycles. The van der Waals surface area contributed by atoms with E-state index in [1.165, 1.54) is 0 Å². The first kappa shape index (κ1) is 19.6. The summed E-state index contributed by atoms with van der Waals surface area (Å²) in [7, 11) is 1.86. The van der Waals surface area contributed by atoms with Crippen LogP contribution in [0.3, 0.4) is 0 Å². The molecule has 29 heavy (non-hydrogen) atoms. The molecule has 3 heterocycles. The van der Waals surface area contributed by atoms with Crippen LogP contribution in [0.5, 0.6) is 0 Å². The van der Waals surface area contributed by atoms with Crippen molar-refractivity contribution in [2.24, 2.45) is 12.5 Å². The Morgan fingerprint density at radius 1 is 1.31 bits per heavy atom. The van der Waals surface area contributed by atoms with Crippen LogP contribution in [-0.4, -0.2) is 39.4 Å². The SMILES string of the molecule is Cn1c(C(=O)NCc2cccs2)nc2c1CCN(C(=O)C1(C#N)CCCC1)CC2. The molecule has 0 unspecified atom stereocenters. The molecule has 1 aliphatic carbocycles. The van der Waals surface area contributed by atoms with E-state index in [2.05, 4.69) is 16.4 Å². The number of thiophene rings is 1. The maximum absolute atomic E-state index is 13.0. The fraction of sp³-hybridized carbons (Fsp3) is 0.524. The molecule has 0 bridgehead atoms. The molecule has 2 amide bonds. The lowest BCUT2D eigenvalue weighted by Crippen LogP contribution is -2.43. The molecular weight excluding hydrogens is 386 g/mol. The van der Waals surface area contributed by atoms with Gasteiger partial charge in [0.05, 0.1) is 18.3 Å². The summed E-state index contributed by atoms with van der Waals surface area (Å²) in [5, 5.41) is 14.5. The van der Waals surface area contributed by atoms with Crippen LogP contribution in [0.15, 0.2) is 17.5 Å². The quantitative estimate of drug-likeness (QED) is 0.836. The molecule has 152 valence electrons. The summed E-state index contributed by atoms with van der Waals surface area (Å²) in [6.07, 6.45) is 4.47. The van der Waals surface area contributed by atoms with Crippen molar-refractivity contribution in [2.75, 3.05) is 13.1 Å². The van der Waals surface area contributed by atoms with Gasteiger partial charge >= 0.3 is 0 Å². The van der Waals surface area contributed by atoms with Crippen molar-refractivity contribution in [1.29, 1.82) is 5.26 Å². The van der Waals surface area contributed by atoms with Crippen molar-refractivity contribution in [3.63, 3.8) is 0 Å². The second kappa shape index (κ2) is 7.99.